The summed E-state index contributed by atoms with van der Waals surface area (Å²) < 4.78 is 6.57. The molecule has 0 unspecified atom stereocenters. The van der Waals surface area contributed by atoms with Crippen LogP contribution in [0.15, 0.2) is 0 Å². The largest absolute Gasteiger partial charge is 0.396 e. The van der Waals surface area contributed by atoms with Gasteiger partial charge in [0.25, 0.3) is 0 Å². The van der Waals surface area contributed by atoms with Crippen molar-refractivity contribution in [3.8, 4) is 0 Å². The van der Waals surface area contributed by atoms with Crippen LogP contribution in [0.5, 0.6) is 0 Å². The lowest BCUT2D eigenvalue weighted by atomic mass is 9.41. The molecule has 1 heterocycles. The molecule has 6 rings (SSSR count). The van der Waals surface area contributed by atoms with Gasteiger partial charge in [-0.3, -0.25) is 0 Å². The van der Waals surface area contributed by atoms with E-state index in [0.717, 1.165) is 44.9 Å². The predicted octanol–water partition coefficient (Wildman–Crippen LogP) is 3.41. The Hall–Kier alpha value is -0.240. The number of fused-ring (bicyclic) bond motifs is 2. The van der Waals surface area contributed by atoms with E-state index < -0.39 is 40.2 Å². The number of aliphatic hydroxyl groups excluding tert-OH is 4. The van der Waals surface area contributed by atoms with Crippen LogP contribution in [-0.4, -0.2) is 67.8 Å². The van der Waals surface area contributed by atoms with Gasteiger partial charge in [0.2, 0.25) is 0 Å². The van der Waals surface area contributed by atoms with E-state index in [-0.39, 0.29) is 41.0 Å². The summed E-state index contributed by atoms with van der Waals surface area (Å²) in [4.78, 5) is 0. The third-order valence-corrected chi connectivity index (χ3v) is 13.9. The highest BCUT2D eigenvalue weighted by atomic mass is 16.5. The van der Waals surface area contributed by atoms with Gasteiger partial charge in [-0.25, -0.2) is 0 Å². The van der Waals surface area contributed by atoms with Crippen molar-refractivity contribution in [1.82, 2.24) is 0 Å². The Bertz CT molecular complexity index is 929. The molecule has 0 aromatic heterocycles. The highest BCUT2D eigenvalue weighted by Gasteiger charge is 2.85. The number of ether oxygens (including phenoxy) is 1. The van der Waals surface area contributed by atoms with Crippen LogP contribution in [0, 0.1) is 44.8 Å². The van der Waals surface area contributed by atoms with Crippen LogP contribution >= 0.6 is 0 Å². The first kappa shape index (κ1) is 26.0. The van der Waals surface area contributed by atoms with E-state index in [2.05, 4.69) is 20.8 Å². The lowest BCUT2D eigenvalue weighted by Gasteiger charge is -2.64. The zero-order valence-corrected chi connectivity index (χ0v) is 23.3. The fourth-order valence-corrected chi connectivity index (χ4v) is 12.1. The Kier molecular flexibility index (Phi) is 5.26. The summed E-state index contributed by atoms with van der Waals surface area (Å²) in [5, 5.41) is 56.4. The van der Waals surface area contributed by atoms with E-state index in [1.54, 1.807) is 13.8 Å². The maximum absolute atomic E-state index is 11.9. The SMILES string of the molecule is CC(C)(O)[C@H]1CC[C@@](C)([C@H]2[C@@H](O)[C@H](O)[C@@]3(C)[C@@H]4CC[C@H]5C(C)(C)[C@@H](O)CC[C@@]56C[C@@]46CC[C@]23CO)O1. The summed E-state index contributed by atoms with van der Waals surface area (Å²) in [6.45, 7) is 12.2. The van der Waals surface area contributed by atoms with Gasteiger partial charge in [0.1, 0.15) is 0 Å². The number of aliphatic hydroxyl groups is 5. The van der Waals surface area contributed by atoms with Crippen molar-refractivity contribution in [3.63, 3.8) is 0 Å². The Balaban J connectivity index is 1.40. The zero-order valence-electron chi connectivity index (χ0n) is 23.3. The van der Waals surface area contributed by atoms with Crippen molar-refractivity contribution in [2.24, 2.45) is 44.8 Å². The Morgan fingerprint density at radius 2 is 1.47 bits per heavy atom. The van der Waals surface area contributed by atoms with E-state index in [9.17, 15) is 25.5 Å². The first-order valence-corrected chi connectivity index (χ1v) is 14.6. The molecule has 6 nitrogen and oxygen atoms in total. The van der Waals surface area contributed by atoms with E-state index in [4.69, 9.17) is 4.74 Å². The Labute approximate surface area is 216 Å². The zero-order chi connectivity index (χ0) is 26.3. The highest BCUT2D eigenvalue weighted by Crippen LogP contribution is 2.89. The minimum absolute atomic E-state index is 0.0678. The molecule has 6 fully saturated rings. The fraction of sp³-hybridized carbons (Fsp3) is 1.00. The van der Waals surface area contributed by atoms with Crippen LogP contribution in [0.3, 0.4) is 0 Å². The molecule has 2 spiro atoms. The van der Waals surface area contributed by atoms with Gasteiger partial charge in [0, 0.05) is 23.4 Å². The maximum Gasteiger partial charge on any atom is 0.0866 e. The quantitative estimate of drug-likeness (QED) is 0.401. The summed E-state index contributed by atoms with van der Waals surface area (Å²) in [6.07, 6.45) is 5.77. The average molecular weight is 507 g/mol. The summed E-state index contributed by atoms with van der Waals surface area (Å²) in [5.41, 5.74) is -2.71. The number of hydrogen-bond donors (Lipinski definition) is 5. The molecule has 6 aliphatic rings. The van der Waals surface area contributed by atoms with Crippen molar-refractivity contribution in [3.05, 3.63) is 0 Å². The van der Waals surface area contributed by atoms with Crippen LogP contribution in [0.4, 0.5) is 0 Å². The molecule has 0 radical (unpaired) electrons. The molecule has 5 saturated carbocycles. The molecule has 5 N–H and O–H groups in total. The molecule has 0 aromatic rings. The minimum atomic E-state index is -0.983. The third kappa shape index (κ3) is 2.70. The molecule has 1 aliphatic heterocycles. The minimum Gasteiger partial charge on any atom is -0.396 e. The Morgan fingerprint density at radius 1 is 0.833 bits per heavy atom. The molecule has 1 saturated heterocycles. The molecular weight excluding hydrogens is 456 g/mol. The lowest BCUT2D eigenvalue weighted by Crippen LogP contribution is -2.62. The predicted molar refractivity (Wildman–Crippen MR) is 136 cm³/mol. The molecule has 36 heavy (non-hydrogen) atoms. The van der Waals surface area contributed by atoms with Gasteiger partial charge in [-0.2, -0.15) is 0 Å². The van der Waals surface area contributed by atoms with Crippen molar-refractivity contribution in [2.45, 2.75) is 135 Å². The second kappa shape index (κ2) is 7.28. The standard InChI is InChI=1S/C30H50O6/c1-24(2)17-7-8-18-27(6)23(34)21(33)22(26(5)11-10-20(36-26)25(3,4)35)30(27,16-31)14-13-29(18)15-28(17,29)12-9-19(24)32/h17-23,31-35H,7-16H2,1-6H3/t17-,18-,19-,20+,21+,22+,23-,26-,27+,28+,29-,30-/m0/s1. The van der Waals surface area contributed by atoms with E-state index >= 15 is 0 Å². The topological polar surface area (TPSA) is 110 Å². The monoisotopic (exact) mass is 506 g/mol. The second-order valence-electron chi connectivity index (χ2n) is 15.7. The van der Waals surface area contributed by atoms with Gasteiger partial charge in [-0.05, 0) is 107 Å². The summed E-state index contributed by atoms with van der Waals surface area (Å²) in [5.74, 6) is 0.326. The van der Waals surface area contributed by atoms with Gasteiger partial charge < -0.3 is 30.3 Å². The van der Waals surface area contributed by atoms with Crippen LogP contribution < -0.4 is 0 Å². The van der Waals surface area contributed by atoms with Gasteiger partial charge in [-0.1, -0.05) is 20.8 Å². The van der Waals surface area contributed by atoms with E-state index in [1.165, 1.54) is 0 Å². The van der Waals surface area contributed by atoms with Crippen molar-refractivity contribution in [2.75, 3.05) is 6.61 Å². The van der Waals surface area contributed by atoms with Crippen LogP contribution in [0.2, 0.25) is 0 Å². The highest BCUT2D eigenvalue weighted by molar-refractivity contribution is 5.33. The third-order valence-electron chi connectivity index (χ3n) is 13.9. The maximum atomic E-state index is 11.9. The van der Waals surface area contributed by atoms with Crippen LogP contribution in [-0.2, 0) is 4.74 Å². The van der Waals surface area contributed by atoms with Crippen molar-refractivity contribution < 1.29 is 30.3 Å². The second-order valence-corrected chi connectivity index (χ2v) is 15.7. The first-order chi connectivity index (χ1) is 16.6. The molecule has 0 amide bonds. The molecule has 206 valence electrons. The lowest BCUT2D eigenvalue weighted by molar-refractivity contribution is -0.217. The number of rotatable bonds is 3. The molecular formula is C30H50O6. The normalized spacial score (nSPS) is 59.6. The molecule has 5 aliphatic carbocycles. The van der Waals surface area contributed by atoms with Gasteiger partial charge in [0.15, 0.2) is 0 Å². The number of hydrogen-bond acceptors (Lipinski definition) is 6. The Morgan fingerprint density at radius 3 is 2.08 bits per heavy atom. The van der Waals surface area contributed by atoms with Crippen molar-refractivity contribution >= 4 is 0 Å². The van der Waals surface area contributed by atoms with Gasteiger partial charge in [0.05, 0.1) is 35.6 Å². The van der Waals surface area contributed by atoms with Crippen LogP contribution in [0.1, 0.15) is 99.3 Å². The van der Waals surface area contributed by atoms with Crippen LogP contribution in [0.25, 0.3) is 0 Å². The molecule has 0 aromatic carbocycles. The smallest absolute Gasteiger partial charge is 0.0866 e. The summed E-state index contributed by atoms with van der Waals surface area (Å²) >= 11 is 0. The van der Waals surface area contributed by atoms with E-state index in [1.807, 2.05) is 6.92 Å². The first-order valence-electron chi connectivity index (χ1n) is 14.6. The molecule has 0 bridgehead atoms. The summed E-state index contributed by atoms with van der Waals surface area (Å²) in [6, 6.07) is 0. The summed E-state index contributed by atoms with van der Waals surface area (Å²) in [7, 11) is 0. The van der Waals surface area contributed by atoms with E-state index in [0.29, 0.717) is 18.8 Å². The van der Waals surface area contributed by atoms with Gasteiger partial charge >= 0.3 is 0 Å². The van der Waals surface area contributed by atoms with Crippen molar-refractivity contribution in [1.29, 1.82) is 0 Å². The molecule has 12 atom stereocenters. The van der Waals surface area contributed by atoms with Gasteiger partial charge in [-0.15, -0.1) is 0 Å². The molecule has 6 heteroatoms. The average Bonchev–Trinajstić information content (AvgIpc) is 3.22. The fourth-order valence-electron chi connectivity index (χ4n) is 12.1.